The molecule has 3 aromatic carbocycles. The van der Waals surface area contributed by atoms with Crippen LogP contribution in [0.3, 0.4) is 0 Å². The zero-order valence-electron chi connectivity index (χ0n) is 19.1. The van der Waals surface area contributed by atoms with Crippen molar-refractivity contribution in [2.45, 2.75) is 31.5 Å². The number of amides is 1. The molecule has 0 bridgehead atoms. The first-order valence-electron chi connectivity index (χ1n) is 11.8. The summed E-state index contributed by atoms with van der Waals surface area (Å²) >= 11 is 1.50. The molecule has 176 valence electrons. The Morgan fingerprint density at radius 1 is 1.06 bits per heavy atom. The Balaban J connectivity index is 1.34. The summed E-state index contributed by atoms with van der Waals surface area (Å²) < 4.78 is 12.6. The van der Waals surface area contributed by atoms with Crippen molar-refractivity contribution in [1.82, 2.24) is 4.98 Å². The first-order valence-corrected chi connectivity index (χ1v) is 12.7. The second kappa shape index (κ2) is 9.24. The van der Waals surface area contributed by atoms with E-state index in [1.54, 1.807) is 17.0 Å². The van der Waals surface area contributed by atoms with E-state index in [0.29, 0.717) is 35.8 Å². The molecule has 1 amide bonds. The monoisotopic (exact) mass is 484 g/mol. The molecule has 3 heterocycles. The van der Waals surface area contributed by atoms with Gasteiger partial charge in [-0.1, -0.05) is 53.8 Å². The molecule has 2 aliphatic heterocycles. The number of thiazole rings is 1. The van der Waals surface area contributed by atoms with Crippen molar-refractivity contribution >= 4 is 38.6 Å². The van der Waals surface area contributed by atoms with E-state index in [2.05, 4.69) is 0 Å². The van der Waals surface area contributed by atoms with Crippen molar-refractivity contribution in [3.63, 3.8) is 0 Å². The number of nitrogens with zero attached hydrogens (tertiary/aromatic N) is 2. The first-order chi connectivity index (χ1) is 17.2. The van der Waals surface area contributed by atoms with Crippen LogP contribution in [0.2, 0.25) is 0 Å². The summed E-state index contributed by atoms with van der Waals surface area (Å²) in [4.78, 5) is 33.0. The number of anilines is 1. The molecule has 1 fully saturated rings. The molecule has 35 heavy (non-hydrogen) atoms. The summed E-state index contributed by atoms with van der Waals surface area (Å²) in [6.07, 6.45) is 2.06. The van der Waals surface area contributed by atoms with E-state index < -0.39 is 0 Å². The minimum absolute atomic E-state index is 0.0129. The van der Waals surface area contributed by atoms with Gasteiger partial charge in [-0.2, -0.15) is 0 Å². The van der Waals surface area contributed by atoms with Gasteiger partial charge in [-0.3, -0.25) is 9.69 Å². The molecule has 0 saturated carbocycles. The van der Waals surface area contributed by atoms with Crippen LogP contribution in [-0.2, 0) is 15.9 Å². The summed E-state index contributed by atoms with van der Waals surface area (Å²) in [7, 11) is 0. The number of hydrogen-bond acceptors (Lipinski definition) is 6. The average Bonchev–Trinajstić information content (AvgIpc) is 3.57. The predicted molar refractivity (Wildman–Crippen MR) is 135 cm³/mol. The molecule has 2 atom stereocenters. The number of ether oxygens (including phenoxy) is 2. The van der Waals surface area contributed by atoms with Gasteiger partial charge in [0, 0.05) is 18.6 Å². The summed E-state index contributed by atoms with van der Waals surface area (Å²) in [5.41, 5.74) is 3.68. The van der Waals surface area contributed by atoms with Gasteiger partial charge < -0.3 is 9.47 Å². The molecule has 0 N–H and O–H groups in total. The molecule has 6 nitrogen and oxygen atoms in total. The van der Waals surface area contributed by atoms with Crippen LogP contribution >= 0.6 is 11.3 Å². The van der Waals surface area contributed by atoms with E-state index >= 15 is 0 Å². The van der Waals surface area contributed by atoms with Gasteiger partial charge in [0.15, 0.2) is 5.13 Å². The minimum atomic E-state index is -0.367. The number of carbonyl (C=O) groups excluding carboxylic acids is 2. The Bertz CT molecular complexity index is 1360. The Hall–Kier alpha value is -3.55. The Morgan fingerprint density at radius 2 is 1.89 bits per heavy atom. The molecular weight excluding hydrogens is 460 g/mol. The van der Waals surface area contributed by atoms with Crippen molar-refractivity contribution in [3.8, 4) is 0 Å². The summed E-state index contributed by atoms with van der Waals surface area (Å²) in [6, 6.07) is 22.8. The maximum atomic E-state index is 13.8. The second-order valence-corrected chi connectivity index (χ2v) is 9.90. The highest BCUT2D eigenvalue weighted by Gasteiger charge is 2.31. The summed E-state index contributed by atoms with van der Waals surface area (Å²) in [5.74, 6) is -0.501. The van der Waals surface area contributed by atoms with Crippen LogP contribution in [0.15, 0.2) is 72.8 Å². The van der Waals surface area contributed by atoms with Gasteiger partial charge in [0.25, 0.3) is 5.91 Å². The van der Waals surface area contributed by atoms with Crippen LogP contribution in [-0.4, -0.2) is 36.1 Å². The SMILES string of the molecule is O=C1O[C@@H](c2ccccc2)Cc2cc(C(=O)N(C[C@H]3CCCO3)c3nc4ccccc4s3)ccc21. The number of rotatable bonds is 5. The number of benzene rings is 3. The van der Waals surface area contributed by atoms with Gasteiger partial charge in [0.05, 0.1) is 28.4 Å². The van der Waals surface area contributed by atoms with E-state index in [4.69, 9.17) is 14.5 Å². The molecular formula is C28H24N2O4S. The molecule has 4 aromatic rings. The number of cyclic esters (lactones) is 1. The third-order valence-electron chi connectivity index (χ3n) is 6.57. The van der Waals surface area contributed by atoms with Gasteiger partial charge in [0.1, 0.15) is 6.10 Å². The van der Waals surface area contributed by atoms with Crippen molar-refractivity contribution < 1.29 is 19.1 Å². The van der Waals surface area contributed by atoms with Crippen molar-refractivity contribution in [2.75, 3.05) is 18.1 Å². The molecule has 6 rings (SSSR count). The fraction of sp³-hybridized carbons (Fsp3) is 0.250. The van der Waals surface area contributed by atoms with Gasteiger partial charge in [-0.15, -0.1) is 0 Å². The Kier molecular flexibility index (Phi) is 5.80. The van der Waals surface area contributed by atoms with E-state index in [0.717, 1.165) is 34.2 Å². The van der Waals surface area contributed by atoms with E-state index in [1.807, 2.05) is 60.7 Å². The summed E-state index contributed by atoms with van der Waals surface area (Å²) in [6.45, 7) is 1.17. The quantitative estimate of drug-likeness (QED) is 0.346. The van der Waals surface area contributed by atoms with Crippen LogP contribution in [0.25, 0.3) is 10.2 Å². The lowest BCUT2D eigenvalue weighted by Gasteiger charge is -2.26. The normalized spacial score (nSPS) is 19.4. The number of aromatic nitrogens is 1. The van der Waals surface area contributed by atoms with Crippen molar-refractivity contribution in [3.05, 3.63) is 95.1 Å². The van der Waals surface area contributed by atoms with Gasteiger partial charge in [0.2, 0.25) is 0 Å². The first kappa shape index (κ1) is 21.9. The van der Waals surface area contributed by atoms with E-state index in [9.17, 15) is 9.59 Å². The van der Waals surface area contributed by atoms with E-state index in [1.165, 1.54) is 11.3 Å². The number of esters is 1. The topological polar surface area (TPSA) is 68.7 Å². The Morgan fingerprint density at radius 3 is 2.69 bits per heavy atom. The molecule has 0 spiro atoms. The molecule has 7 heteroatoms. The number of fused-ring (bicyclic) bond motifs is 2. The average molecular weight is 485 g/mol. The number of hydrogen-bond donors (Lipinski definition) is 0. The summed E-state index contributed by atoms with van der Waals surface area (Å²) in [5, 5.41) is 0.658. The predicted octanol–water partition coefficient (Wildman–Crippen LogP) is 5.58. The molecule has 0 unspecified atom stereocenters. The third-order valence-corrected chi connectivity index (χ3v) is 7.63. The van der Waals surface area contributed by atoms with Crippen LogP contribution < -0.4 is 4.90 Å². The lowest BCUT2D eigenvalue weighted by atomic mass is 9.93. The van der Waals surface area contributed by atoms with Gasteiger partial charge >= 0.3 is 5.97 Å². The highest BCUT2D eigenvalue weighted by molar-refractivity contribution is 7.22. The van der Waals surface area contributed by atoms with E-state index in [-0.39, 0.29) is 24.1 Å². The zero-order valence-corrected chi connectivity index (χ0v) is 19.9. The van der Waals surface area contributed by atoms with Crippen LogP contribution in [0.4, 0.5) is 5.13 Å². The molecule has 2 aliphatic rings. The molecule has 1 saturated heterocycles. The number of carbonyl (C=O) groups is 2. The molecule has 0 aliphatic carbocycles. The fourth-order valence-corrected chi connectivity index (χ4v) is 5.73. The largest absolute Gasteiger partial charge is 0.454 e. The van der Waals surface area contributed by atoms with Crippen LogP contribution in [0.5, 0.6) is 0 Å². The Labute approximate surface area is 207 Å². The molecule has 1 aromatic heterocycles. The lowest BCUT2D eigenvalue weighted by molar-refractivity contribution is 0.0252. The lowest BCUT2D eigenvalue weighted by Crippen LogP contribution is -2.37. The van der Waals surface area contributed by atoms with Crippen molar-refractivity contribution in [2.24, 2.45) is 0 Å². The maximum absolute atomic E-state index is 13.8. The second-order valence-electron chi connectivity index (χ2n) is 8.90. The highest BCUT2D eigenvalue weighted by Crippen LogP contribution is 2.33. The van der Waals surface area contributed by atoms with Gasteiger partial charge in [-0.25, -0.2) is 9.78 Å². The standard InChI is InChI=1S/C28H24N2O4S/c31-26(30(17-21-9-6-14-33-21)28-29-23-10-4-5-11-25(23)35-28)19-12-13-22-20(15-19)16-24(34-27(22)32)18-7-2-1-3-8-18/h1-5,7-8,10-13,15,21,24H,6,9,14,16-17H2/t21-,24-/m1/s1. The molecule has 0 radical (unpaired) electrons. The fourth-order valence-electron chi connectivity index (χ4n) is 4.75. The highest BCUT2D eigenvalue weighted by atomic mass is 32.1. The smallest absolute Gasteiger partial charge is 0.339 e. The maximum Gasteiger partial charge on any atom is 0.339 e. The zero-order chi connectivity index (χ0) is 23.8. The number of para-hydroxylation sites is 1. The van der Waals surface area contributed by atoms with Crippen molar-refractivity contribution in [1.29, 1.82) is 0 Å². The minimum Gasteiger partial charge on any atom is -0.454 e. The van der Waals surface area contributed by atoms with Crippen LogP contribution in [0, 0.1) is 0 Å². The van der Waals surface area contributed by atoms with Gasteiger partial charge in [-0.05, 0) is 54.3 Å². The van der Waals surface area contributed by atoms with Crippen LogP contribution in [0.1, 0.15) is 50.8 Å². The third kappa shape index (κ3) is 4.33.